The third-order valence-corrected chi connectivity index (χ3v) is 3.45. The predicted molar refractivity (Wildman–Crippen MR) is 73.0 cm³/mol. The number of amides is 3. The summed E-state index contributed by atoms with van der Waals surface area (Å²) in [5, 5.41) is 11.4. The fourth-order valence-corrected chi connectivity index (χ4v) is 2.38. The van der Waals surface area contributed by atoms with E-state index in [1.54, 1.807) is 4.90 Å². The Morgan fingerprint density at radius 3 is 2.70 bits per heavy atom. The van der Waals surface area contributed by atoms with Crippen LogP contribution in [-0.2, 0) is 9.59 Å². The highest BCUT2D eigenvalue weighted by atomic mass is 16.4. The molecule has 7 nitrogen and oxygen atoms in total. The van der Waals surface area contributed by atoms with Gasteiger partial charge in [0.25, 0.3) is 0 Å². The quantitative estimate of drug-likeness (QED) is 0.592. The van der Waals surface area contributed by atoms with Gasteiger partial charge < -0.3 is 21.1 Å². The highest BCUT2D eigenvalue weighted by molar-refractivity contribution is 5.75. The molecule has 1 fully saturated rings. The van der Waals surface area contributed by atoms with Gasteiger partial charge in [0.05, 0.1) is 0 Å². The van der Waals surface area contributed by atoms with Crippen LogP contribution in [0, 0.1) is 5.92 Å². The number of primary amides is 1. The van der Waals surface area contributed by atoms with Crippen LogP contribution in [0.25, 0.3) is 0 Å². The third kappa shape index (κ3) is 6.40. The fraction of sp³-hybridized carbons (Fsp3) is 0.769. The zero-order valence-corrected chi connectivity index (χ0v) is 11.6. The van der Waals surface area contributed by atoms with Crippen molar-refractivity contribution in [3.8, 4) is 0 Å². The molecule has 0 saturated carbocycles. The fourth-order valence-electron chi connectivity index (χ4n) is 2.38. The normalized spacial score (nSPS) is 18.6. The molecule has 1 atom stereocenters. The van der Waals surface area contributed by atoms with Gasteiger partial charge in [-0.15, -0.1) is 0 Å². The zero-order chi connectivity index (χ0) is 15.0. The van der Waals surface area contributed by atoms with E-state index in [1.165, 1.54) is 0 Å². The van der Waals surface area contributed by atoms with Crippen molar-refractivity contribution in [2.75, 3.05) is 19.6 Å². The molecule has 1 aliphatic heterocycles. The first-order valence-electron chi connectivity index (χ1n) is 7.02. The average molecular weight is 285 g/mol. The maximum atomic E-state index is 11.9. The van der Waals surface area contributed by atoms with Gasteiger partial charge in [-0.25, -0.2) is 4.79 Å². The topological polar surface area (TPSA) is 113 Å². The molecule has 4 N–H and O–H groups in total. The third-order valence-electron chi connectivity index (χ3n) is 3.45. The van der Waals surface area contributed by atoms with Crippen molar-refractivity contribution in [3.05, 3.63) is 0 Å². The molecule has 1 rings (SSSR count). The van der Waals surface area contributed by atoms with E-state index in [4.69, 9.17) is 10.8 Å². The number of carboxylic acids is 1. The van der Waals surface area contributed by atoms with Gasteiger partial charge in [-0.2, -0.15) is 0 Å². The molecule has 0 radical (unpaired) electrons. The summed E-state index contributed by atoms with van der Waals surface area (Å²) in [5.41, 5.74) is 5.02. The Kier molecular flexibility index (Phi) is 6.83. The number of carboxylic acid groups (broad SMARTS) is 1. The van der Waals surface area contributed by atoms with E-state index in [1.807, 2.05) is 0 Å². The molecule has 114 valence electrons. The number of nitrogens with two attached hydrogens (primary N) is 1. The highest BCUT2D eigenvalue weighted by Crippen LogP contribution is 2.20. The Morgan fingerprint density at radius 2 is 2.05 bits per heavy atom. The summed E-state index contributed by atoms with van der Waals surface area (Å²) in [5.74, 6) is -0.903. The maximum absolute atomic E-state index is 11.9. The molecule has 0 spiro atoms. The average Bonchev–Trinajstić information content (AvgIpc) is 2.41. The molecular formula is C13H23N3O4. The van der Waals surface area contributed by atoms with Gasteiger partial charge in [-0.05, 0) is 31.6 Å². The molecule has 0 aliphatic carbocycles. The molecular weight excluding hydrogens is 262 g/mol. The molecule has 1 heterocycles. The van der Waals surface area contributed by atoms with E-state index in [0.717, 1.165) is 12.8 Å². The van der Waals surface area contributed by atoms with E-state index >= 15 is 0 Å². The number of urea groups is 1. The summed E-state index contributed by atoms with van der Waals surface area (Å²) in [6, 6.07) is -0.144. The number of nitrogens with one attached hydrogen (secondary N) is 1. The highest BCUT2D eigenvalue weighted by Gasteiger charge is 2.23. The number of carbonyl (C=O) groups is 3. The maximum Gasteiger partial charge on any atom is 0.317 e. The van der Waals surface area contributed by atoms with Gasteiger partial charge >= 0.3 is 12.0 Å². The van der Waals surface area contributed by atoms with Crippen molar-refractivity contribution in [3.63, 3.8) is 0 Å². The molecule has 1 unspecified atom stereocenters. The molecule has 0 aromatic carbocycles. The van der Waals surface area contributed by atoms with E-state index in [0.29, 0.717) is 32.5 Å². The molecule has 0 aromatic heterocycles. The first-order valence-corrected chi connectivity index (χ1v) is 7.02. The van der Waals surface area contributed by atoms with Gasteiger partial charge in [0, 0.05) is 32.5 Å². The van der Waals surface area contributed by atoms with Crippen LogP contribution < -0.4 is 11.1 Å². The minimum Gasteiger partial charge on any atom is -0.481 e. The number of hydrogen-bond acceptors (Lipinski definition) is 3. The van der Waals surface area contributed by atoms with Crippen molar-refractivity contribution in [2.45, 2.75) is 38.5 Å². The van der Waals surface area contributed by atoms with Crippen LogP contribution in [-0.4, -0.2) is 47.5 Å². The van der Waals surface area contributed by atoms with Crippen LogP contribution in [0.3, 0.4) is 0 Å². The van der Waals surface area contributed by atoms with Gasteiger partial charge in [0.2, 0.25) is 5.91 Å². The van der Waals surface area contributed by atoms with Gasteiger partial charge in [0.1, 0.15) is 0 Å². The Balaban J connectivity index is 2.25. The standard InChI is InChI=1S/C13H23N3O4/c14-11(17)4-1-7-15-13(20)16-8-2-3-10(9-16)5-6-12(18)19/h10H,1-9H2,(H2,14,17)(H,15,20)(H,18,19). The summed E-state index contributed by atoms with van der Waals surface area (Å²) in [4.78, 5) is 34.8. The second kappa shape index (κ2) is 8.39. The monoisotopic (exact) mass is 285 g/mol. The second-order valence-electron chi connectivity index (χ2n) is 5.19. The Hall–Kier alpha value is -1.79. The van der Waals surface area contributed by atoms with E-state index in [9.17, 15) is 14.4 Å². The molecule has 0 bridgehead atoms. The minimum atomic E-state index is -0.793. The first kappa shape index (κ1) is 16.3. The van der Waals surface area contributed by atoms with Crippen molar-refractivity contribution >= 4 is 17.9 Å². The van der Waals surface area contributed by atoms with Crippen molar-refractivity contribution in [1.29, 1.82) is 0 Å². The number of likely N-dealkylation sites (tertiary alicyclic amines) is 1. The van der Waals surface area contributed by atoms with Crippen molar-refractivity contribution in [1.82, 2.24) is 10.2 Å². The van der Waals surface area contributed by atoms with Gasteiger partial charge in [0.15, 0.2) is 0 Å². The van der Waals surface area contributed by atoms with E-state index in [2.05, 4.69) is 5.32 Å². The lowest BCUT2D eigenvalue weighted by molar-refractivity contribution is -0.137. The second-order valence-corrected chi connectivity index (χ2v) is 5.19. The van der Waals surface area contributed by atoms with Crippen LogP contribution in [0.1, 0.15) is 38.5 Å². The van der Waals surface area contributed by atoms with Crippen LogP contribution in [0.4, 0.5) is 4.79 Å². The minimum absolute atomic E-state index is 0.144. The lowest BCUT2D eigenvalue weighted by Crippen LogP contribution is -2.45. The Bertz CT molecular complexity index is 360. The molecule has 1 aliphatic rings. The molecule has 7 heteroatoms. The molecule has 3 amide bonds. The van der Waals surface area contributed by atoms with Crippen molar-refractivity contribution in [2.24, 2.45) is 11.7 Å². The summed E-state index contributed by atoms with van der Waals surface area (Å²) < 4.78 is 0. The van der Waals surface area contributed by atoms with Gasteiger partial charge in [-0.1, -0.05) is 0 Å². The largest absolute Gasteiger partial charge is 0.481 e. The summed E-state index contributed by atoms with van der Waals surface area (Å²) in [7, 11) is 0. The summed E-state index contributed by atoms with van der Waals surface area (Å²) in [6.07, 6.45) is 3.44. The SMILES string of the molecule is NC(=O)CCCNC(=O)N1CCCC(CCC(=O)O)C1. The van der Waals surface area contributed by atoms with Crippen molar-refractivity contribution < 1.29 is 19.5 Å². The number of piperidine rings is 1. The van der Waals surface area contributed by atoms with Crippen LogP contribution in [0.5, 0.6) is 0 Å². The summed E-state index contributed by atoms with van der Waals surface area (Å²) >= 11 is 0. The Morgan fingerprint density at radius 1 is 1.30 bits per heavy atom. The zero-order valence-electron chi connectivity index (χ0n) is 11.6. The number of nitrogens with zero attached hydrogens (tertiary/aromatic N) is 1. The molecule has 0 aromatic rings. The van der Waals surface area contributed by atoms with Crippen LogP contribution in [0.2, 0.25) is 0 Å². The first-order chi connectivity index (χ1) is 9.49. The number of carbonyl (C=O) groups excluding carboxylic acids is 2. The van der Waals surface area contributed by atoms with Crippen LogP contribution in [0.15, 0.2) is 0 Å². The number of aliphatic carboxylic acids is 1. The lowest BCUT2D eigenvalue weighted by atomic mass is 9.93. The molecule has 20 heavy (non-hydrogen) atoms. The number of hydrogen-bond donors (Lipinski definition) is 3. The van der Waals surface area contributed by atoms with E-state index in [-0.39, 0.29) is 30.7 Å². The molecule has 1 saturated heterocycles. The number of rotatable bonds is 7. The summed E-state index contributed by atoms with van der Waals surface area (Å²) in [6.45, 7) is 1.73. The lowest BCUT2D eigenvalue weighted by Gasteiger charge is -2.32. The van der Waals surface area contributed by atoms with E-state index < -0.39 is 5.97 Å². The Labute approximate surface area is 118 Å². The predicted octanol–water partition coefficient (Wildman–Crippen LogP) is 0.538. The van der Waals surface area contributed by atoms with Gasteiger partial charge in [-0.3, -0.25) is 9.59 Å². The van der Waals surface area contributed by atoms with Crippen LogP contribution >= 0.6 is 0 Å². The smallest absolute Gasteiger partial charge is 0.317 e.